The predicted octanol–water partition coefficient (Wildman–Crippen LogP) is 3.49. The van der Waals surface area contributed by atoms with Crippen molar-refractivity contribution in [3.63, 3.8) is 0 Å². The van der Waals surface area contributed by atoms with Crippen LogP contribution in [0.5, 0.6) is 5.75 Å². The van der Waals surface area contributed by atoms with Crippen molar-refractivity contribution >= 4 is 21.7 Å². The van der Waals surface area contributed by atoms with Crippen LogP contribution in [0.3, 0.4) is 0 Å². The maximum atomic E-state index is 13.4. The third-order valence-corrected chi connectivity index (χ3v) is 6.44. The minimum Gasteiger partial charge on any atom is -0.489 e. The van der Waals surface area contributed by atoms with Crippen LogP contribution in [0.25, 0.3) is 0 Å². The van der Waals surface area contributed by atoms with Gasteiger partial charge in [-0.15, -0.1) is 0 Å². The molecule has 2 aliphatic heterocycles. The highest BCUT2D eigenvalue weighted by Crippen LogP contribution is 2.52. The fourth-order valence-corrected chi connectivity index (χ4v) is 4.88. The molecule has 7 heteroatoms. The van der Waals surface area contributed by atoms with Crippen LogP contribution in [0.1, 0.15) is 42.5 Å². The zero-order valence-electron chi connectivity index (χ0n) is 17.8. The van der Waals surface area contributed by atoms with Gasteiger partial charge in [0.1, 0.15) is 11.9 Å². The number of rotatable bonds is 6. The Morgan fingerprint density at radius 3 is 2.60 bits per heavy atom. The van der Waals surface area contributed by atoms with E-state index in [-0.39, 0.29) is 18.6 Å². The Bertz CT molecular complexity index is 1090. The van der Waals surface area contributed by atoms with E-state index in [4.69, 9.17) is 8.92 Å². The lowest BCUT2D eigenvalue weighted by Gasteiger charge is -2.21. The number of amides is 1. The van der Waals surface area contributed by atoms with Crippen LogP contribution in [0.15, 0.2) is 36.4 Å². The molecule has 1 unspecified atom stereocenters. The fourth-order valence-electron chi connectivity index (χ4n) is 4.48. The molecule has 6 nitrogen and oxygen atoms in total. The molecular weight excluding hydrogens is 402 g/mol. The average molecular weight is 430 g/mol. The molecule has 4 rings (SSSR count). The van der Waals surface area contributed by atoms with Gasteiger partial charge in [0.15, 0.2) is 0 Å². The molecule has 0 bridgehead atoms. The molecule has 0 saturated heterocycles. The molecule has 2 heterocycles. The Labute approximate surface area is 177 Å². The van der Waals surface area contributed by atoms with Crippen LogP contribution in [-0.4, -0.2) is 33.3 Å². The van der Waals surface area contributed by atoms with E-state index in [1.165, 1.54) is 0 Å². The lowest BCUT2D eigenvalue weighted by atomic mass is 9.83. The van der Waals surface area contributed by atoms with Crippen LogP contribution >= 0.6 is 0 Å². The Kier molecular flexibility index (Phi) is 5.14. The summed E-state index contributed by atoms with van der Waals surface area (Å²) in [4.78, 5) is 15.3. The van der Waals surface area contributed by atoms with Crippen LogP contribution in [0.2, 0.25) is 0 Å². The first-order chi connectivity index (χ1) is 14.1. The van der Waals surface area contributed by atoms with Crippen LogP contribution < -0.4 is 9.64 Å². The number of hydrogen-bond acceptors (Lipinski definition) is 5. The molecule has 30 heavy (non-hydrogen) atoms. The molecule has 2 aromatic carbocycles. The van der Waals surface area contributed by atoms with Gasteiger partial charge in [0.2, 0.25) is 5.91 Å². The molecule has 0 radical (unpaired) electrons. The van der Waals surface area contributed by atoms with Gasteiger partial charge in [-0.05, 0) is 37.5 Å². The van der Waals surface area contributed by atoms with E-state index in [1.54, 1.807) is 0 Å². The van der Waals surface area contributed by atoms with E-state index in [9.17, 15) is 13.2 Å². The average Bonchev–Trinajstić information content (AvgIpc) is 3.14. The number of hydrogen-bond donors (Lipinski definition) is 0. The smallest absolute Gasteiger partial charge is 0.264 e. The predicted molar refractivity (Wildman–Crippen MR) is 115 cm³/mol. The molecule has 1 amide bonds. The van der Waals surface area contributed by atoms with Gasteiger partial charge < -0.3 is 9.64 Å². The van der Waals surface area contributed by atoms with Crippen LogP contribution in [0.4, 0.5) is 5.69 Å². The second-order valence-electron chi connectivity index (χ2n) is 8.67. The van der Waals surface area contributed by atoms with Gasteiger partial charge in [-0.25, -0.2) is 0 Å². The van der Waals surface area contributed by atoms with E-state index < -0.39 is 15.5 Å². The Balaban J connectivity index is 1.66. The highest BCUT2D eigenvalue weighted by Gasteiger charge is 2.48. The Morgan fingerprint density at radius 2 is 1.93 bits per heavy atom. The van der Waals surface area contributed by atoms with Crippen molar-refractivity contribution < 1.29 is 22.1 Å². The standard InChI is InChI=1S/C23H27NO5S/c1-15-12-17-13-18(10-11-28-30(4,26)27)29-21(17)19-20(15)24(22(25)23(19,2)3)14-16-8-6-5-7-9-16/h5-9,12,18H,10-11,13-14H2,1-4H3. The molecule has 0 saturated carbocycles. The van der Waals surface area contributed by atoms with E-state index in [2.05, 4.69) is 6.07 Å². The minimum absolute atomic E-state index is 0.0605. The van der Waals surface area contributed by atoms with Crippen molar-refractivity contribution in [1.29, 1.82) is 0 Å². The monoisotopic (exact) mass is 429 g/mol. The lowest BCUT2D eigenvalue weighted by molar-refractivity contribution is -0.122. The largest absolute Gasteiger partial charge is 0.489 e. The summed E-state index contributed by atoms with van der Waals surface area (Å²) in [5, 5.41) is 0. The van der Waals surface area contributed by atoms with E-state index in [0.29, 0.717) is 19.4 Å². The van der Waals surface area contributed by atoms with Crippen molar-refractivity contribution in [1.82, 2.24) is 0 Å². The molecule has 160 valence electrons. The highest BCUT2D eigenvalue weighted by molar-refractivity contribution is 7.85. The number of fused-ring (bicyclic) bond motifs is 3. The summed E-state index contributed by atoms with van der Waals surface area (Å²) in [6.07, 6.45) is 2.03. The van der Waals surface area contributed by atoms with E-state index >= 15 is 0 Å². The summed E-state index contributed by atoms with van der Waals surface area (Å²) in [6, 6.07) is 12.1. The van der Waals surface area contributed by atoms with Crippen molar-refractivity contribution in [2.24, 2.45) is 0 Å². The second-order valence-corrected chi connectivity index (χ2v) is 10.3. The van der Waals surface area contributed by atoms with Crippen molar-refractivity contribution in [2.75, 3.05) is 17.8 Å². The van der Waals surface area contributed by atoms with Crippen molar-refractivity contribution in [2.45, 2.75) is 51.7 Å². The topological polar surface area (TPSA) is 72.9 Å². The van der Waals surface area contributed by atoms with Gasteiger partial charge in [0.05, 0.1) is 30.5 Å². The number of carbonyl (C=O) groups excluding carboxylic acids is 1. The third-order valence-electron chi connectivity index (χ3n) is 5.85. The minimum atomic E-state index is -3.47. The number of aryl methyl sites for hydroxylation is 1. The summed E-state index contributed by atoms with van der Waals surface area (Å²) < 4.78 is 33.6. The van der Waals surface area contributed by atoms with Crippen LogP contribution in [-0.2, 0) is 37.5 Å². The summed E-state index contributed by atoms with van der Waals surface area (Å²) in [5.74, 6) is 0.833. The first-order valence-corrected chi connectivity index (χ1v) is 11.9. The summed E-state index contributed by atoms with van der Waals surface area (Å²) in [6.45, 7) is 6.53. The Morgan fingerprint density at radius 1 is 1.23 bits per heavy atom. The fraction of sp³-hybridized carbons (Fsp3) is 0.435. The molecular formula is C23H27NO5S. The normalized spacial score (nSPS) is 19.5. The number of anilines is 1. The zero-order valence-corrected chi connectivity index (χ0v) is 18.6. The molecule has 0 fully saturated rings. The SMILES string of the molecule is Cc1cc2c(c3c1N(Cc1ccccc1)C(=O)C3(C)C)OC(CCOS(C)(=O)=O)C2. The molecule has 2 aliphatic rings. The Hall–Kier alpha value is -2.38. The number of carbonyl (C=O) groups is 1. The summed E-state index contributed by atoms with van der Waals surface area (Å²) in [5.41, 5.74) is 4.36. The van der Waals surface area contributed by atoms with Crippen molar-refractivity contribution in [3.05, 3.63) is 58.7 Å². The quantitative estimate of drug-likeness (QED) is 0.658. The van der Waals surface area contributed by atoms with Gasteiger partial charge in [-0.3, -0.25) is 8.98 Å². The van der Waals surface area contributed by atoms with Crippen molar-refractivity contribution in [3.8, 4) is 5.75 Å². The molecule has 0 N–H and O–H groups in total. The van der Waals surface area contributed by atoms with Crippen LogP contribution in [0, 0.1) is 6.92 Å². The molecule has 0 aromatic heterocycles. The number of ether oxygens (including phenoxy) is 1. The van der Waals surface area contributed by atoms with Gasteiger partial charge in [-0.2, -0.15) is 8.42 Å². The number of benzene rings is 2. The van der Waals surface area contributed by atoms with E-state index in [1.807, 2.05) is 56.0 Å². The van der Waals surface area contributed by atoms with E-state index in [0.717, 1.165) is 39.9 Å². The summed E-state index contributed by atoms with van der Waals surface area (Å²) >= 11 is 0. The molecule has 0 spiro atoms. The van der Waals surface area contributed by atoms with Gasteiger partial charge in [-0.1, -0.05) is 36.4 Å². The maximum absolute atomic E-state index is 13.4. The lowest BCUT2D eigenvalue weighted by Crippen LogP contribution is -2.36. The molecule has 1 atom stereocenters. The first kappa shape index (κ1) is 20.9. The third kappa shape index (κ3) is 3.72. The molecule has 2 aromatic rings. The first-order valence-electron chi connectivity index (χ1n) is 10.1. The number of nitrogens with zero attached hydrogens (tertiary/aromatic N) is 1. The van der Waals surface area contributed by atoms with Gasteiger partial charge in [0.25, 0.3) is 10.1 Å². The van der Waals surface area contributed by atoms with Gasteiger partial charge >= 0.3 is 0 Å². The summed E-state index contributed by atoms with van der Waals surface area (Å²) in [7, 11) is -3.47. The van der Waals surface area contributed by atoms with Gasteiger partial charge in [0, 0.05) is 18.4 Å². The molecule has 0 aliphatic carbocycles. The second kappa shape index (κ2) is 7.39. The maximum Gasteiger partial charge on any atom is 0.264 e. The highest BCUT2D eigenvalue weighted by atomic mass is 32.2. The zero-order chi connectivity index (χ0) is 21.7.